The summed E-state index contributed by atoms with van der Waals surface area (Å²) < 4.78 is 0. The topological polar surface area (TPSA) is 37.3 Å². The Balaban J connectivity index is 1.57. The zero-order chi connectivity index (χ0) is 23.6. The Bertz CT molecular complexity index is 827. The summed E-state index contributed by atoms with van der Waals surface area (Å²) in [6, 6.07) is 0. The van der Waals surface area contributed by atoms with Gasteiger partial charge in [-0.3, -0.25) is 4.79 Å². The number of carbonyl (C=O) groups is 1. The van der Waals surface area contributed by atoms with E-state index in [4.69, 9.17) is 0 Å². The third-order valence-electron chi connectivity index (χ3n) is 13.4. The third-order valence-corrected chi connectivity index (χ3v) is 13.4. The molecule has 2 nitrogen and oxygen atoms in total. The first-order chi connectivity index (χ1) is 14.6. The van der Waals surface area contributed by atoms with E-state index in [1.807, 2.05) is 0 Å². The molecule has 5 fully saturated rings. The Morgan fingerprint density at radius 2 is 1.25 bits per heavy atom. The largest absolute Gasteiger partial charge is 0.389 e. The lowest BCUT2D eigenvalue weighted by Crippen LogP contribution is -2.74. The van der Waals surface area contributed by atoms with Crippen LogP contribution in [0, 0.1) is 50.2 Å². The molecule has 0 spiro atoms. The van der Waals surface area contributed by atoms with Crippen LogP contribution >= 0.6 is 0 Å². The zero-order valence-corrected chi connectivity index (χ0v) is 22.4. The summed E-state index contributed by atoms with van der Waals surface area (Å²) in [5, 5.41) is 12.9. The van der Waals surface area contributed by atoms with Gasteiger partial charge in [-0.15, -0.1) is 0 Å². The molecule has 5 saturated carbocycles. The van der Waals surface area contributed by atoms with Crippen LogP contribution < -0.4 is 0 Å². The van der Waals surface area contributed by atoms with Gasteiger partial charge < -0.3 is 5.11 Å². The lowest BCUT2D eigenvalue weighted by molar-refractivity contribution is -0.313. The van der Waals surface area contributed by atoms with E-state index in [1.54, 1.807) is 0 Å². The van der Waals surface area contributed by atoms with Crippen molar-refractivity contribution in [3.05, 3.63) is 0 Å². The highest BCUT2D eigenvalue weighted by Crippen LogP contribution is 2.77. The van der Waals surface area contributed by atoms with Crippen LogP contribution in [-0.4, -0.2) is 16.5 Å². The molecule has 0 bridgehead atoms. The molecule has 0 radical (unpaired) electrons. The summed E-state index contributed by atoms with van der Waals surface area (Å²) in [5.41, 5.74) is 0.127. The highest BCUT2D eigenvalue weighted by molar-refractivity contribution is 5.85. The number of ketones is 1. The minimum absolute atomic E-state index is 0.00609. The van der Waals surface area contributed by atoms with Crippen LogP contribution in [0.2, 0.25) is 0 Å². The summed E-state index contributed by atoms with van der Waals surface area (Å²) in [5.74, 6) is 2.08. The zero-order valence-electron chi connectivity index (χ0n) is 22.4. The smallest absolute Gasteiger partial charge is 0.138 e. The van der Waals surface area contributed by atoms with Gasteiger partial charge in [-0.05, 0) is 98.2 Å². The number of hydrogen-bond donors (Lipinski definition) is 1. The average molecular weight is 443 g/mol. The Morgan fingerprint density at radius 3 is 1.91 bits per heavy atom. The number of rotatable bonds is 0. The maximum Gasteiger partial charge on any atom is 0.138 e. The number of aliphatic hydroxyl groups is 1. The lowest BCUT2D eigenvalue weighted by atomic mass is 9.31. The predicted molar refractivity (Wildman–Crippen MR) is 131 cm³/mol. The summed E-state index contributed by atoms with van der Waals surface area (Å²) in [4.78, 5) is 12.9. The van der Waals surface area contributed by atoms with Gasteiger partial charge in [0.1, 0.15) is 5.78 Å². The Hall–Kier alpha value is -0.370. The SMILES string of the molecule is CC1(C)CCC2(C)CCC3(O)C(C)(CCC4C5(C)CCC(=O)C(C)(C)C5CCC43C)C2C1. The molecule has 0 aromatic rings. The standard InChI is InChI=1S/C30H50O2/c1-24(2)15-16-26(5)17-18-30(32)28(7)13-9-20-25(3,4)23(31)11-12-27(20,6)21(28)10-14-29(30,8)22(26)19-24/h20-22,32H,9-19H2,1-8H3. The molecule has 2 heteroatoms. The molecule has 5 aliphatic rings. The molecule has 0 heterocycles. The van der Waals surface area contributed by atoms with Gasteiger partial charge in [0, 0.05) is 22.7 Å². The molecule has 1 N–H and O–H groups in total. The van der Waals surface area contributed by atoms with E-state index in [1.165, 1.54) is 32.1 Å². The first-order valence-electron chi connectivity index (χ1n) is 13.8. The molecular weight excluding hydrogens is 392 g/mol. The van der Waals surface area contributed by atoms with Gasteiger partial charge in [0.25, 0.3) is 0 Å². The minimum atomic E-state index is -0.583. The second-order valence-corrected chi connectivity index (χ2v) is 15.6. The molecule has 0 saturated heterocycles. The van der Waals surface area contributed by atoms with E-state index in [0.717, 1.165) is 38.5 Å². The molecule has 182 valence electrons. The van der Waals surface area contributed by atoms with Crippen LogP contribution in [0.15, 0.2) is 0 Å². The van der Waals surface area contributed by atoms with Crippen molar-refractivity contribution in [2.45, 2.75) is 132 Å². The van der Waals surface area contributed by atoms with Crippen molar-refractivity contribution in [3.8, 4) is 0 Å². The van der Waals surface area contributed by atoms with Crippen LogP contribution in [0.1, 0.15) is 126 Å². The molecule has 0 aromatic carbocycles. The summed E-state index contributed by atoms with van der Waals surface area (Å²) in [6.45, 7) is 19.4. The lowest BCUT2D eigenvalue weighted by Gasteiger charge is -2.75. The highest BCUT2D eigenvalue weighted by Gasteiger charge is 2.74. The fourth-order valence-electron chi connectivity index (χ4n) is 11.3. The molecule has 5 rings (SSSR count). The third kappa shape index (κ3) is 2.60. The van der Waals surface area contributed by atoms with E-state index >= 15 is 0 Å². The van der Waals surface area contributed by atoms with E-state index in [0.29, 0.717) is 34.4 Å². The van der Waals surface area contributed by atoms with Gasteiger partial charge in [0.2, 0.25) is 0 Å². The number of hydrogen-bond acceptors (Lipinski definition) is 2. The van der Waals surface area contributed by atoms with E-state index < -0.39 is 5.60 Å². The molecule has 32 heavy (non-hydrogen) atoms. The number of carbonyl (C=O) groups excluding carboxylic acids is 1. The molecule has 0 aliphatic heterocycles. The van der Waals surface area contributed by atoms with Gasteiger partial charge in [0.05, 0.1) is 5.60 Å². The normalized spacial score (nSPS) is 56.4. The first kappa shape index (κ1) is 23.4. The van der Waals surface area contributed by atoms with Crippen LogP contribution in [0.4, 0.5) is 0 Å². The monoisotopic (exact) mass is 442 g/mol. The average Bonchev–Trinajstić information content (AvgIpc) is 2.69. The molecule has 0 amide bonds. The summed E-state index contributed by atoms with van der Waals surface area (Å²) in [6.07, 6.45) is 12.4. The quantitative estimate of drug-likeness (QED) is 0.420. The van der Waals surface area contributed by atoms with Gasteiger partial charge in [-0.25, -0.2) is 0 Å². The van der Waals surface area contributed by atoms with Crippen LogP contribution in [0.3, 0.4) is 0 Å². The summed E-state index contributed by atoms with van der Waals surface area (Å²) >= 11 is 0. The van der Waals surface area contributed by atoms with Gasteiger partial charge in [-0.1, -0.05) is 55.4 Å². The minimum Gasteiger partial charge on any atom is -0.389 e. The molecule has 5 aliphatic carbocycles. The maximum absolute atomic E-state index is 12.9. The predicted octanol–water partition coefficient (Wildman–Crippen LogP) is 7.57. The Labute approximate surface area is 197 Å². The first-order valence-corrected chi connectivity index (χ1v) is 13.8. The molecular formula is C30H50O2. The van der Waals surface area contributed by atoms with Crippen molar-refractivity contribution in [1.82, 2.24) is 0 Å². The molecule has 8 atom stereocenters. The highest BCUT2D eigenvalue weighted by atomic mass is 16.3. The summed E-state index contributed by atoms with van der Waals surface area (Å²) in [7, 11) is 0. The number of Topliss-reactive ketones (excluding diaryl/α,β-unsaturated/α-hetero) is 1. The van der Waals surface area contributed by atoms with E-state index in [9.17, 15) is 9.90 Å². The van der Waals surface area contributed by atoms with Gasteiger partial charge in [0.15, 0.2) is 0 Å². The van der Waals surface area contributed by atoms with Crippen molar-refractivity contribution >= 4 is 5.78 Å². The fourth-order valence-corrected chi connectivity index (χ4v) is 11.3. The van der Waals surface area contributed by atoms with Crippen molar-refractivity contribution in [2.75, 3.05) is 0 Å². The van der Waals surface area contributed by atoms with Crippen molar-refractivity contribution in [2.24, 2.45) is 50.2 Å². The molecule has 8 unspecified atom stereocenters. The second-order valence-electron chi connectivity index (χ2n) is 15.6. The van der Waals surface area contributed by atoms with Crippen LogP contribution in [0.25, 0.3) is 0 Å². The van der Waals surface area contributed by atoms with Gasteiger partial charge in [-0.2, -0.15) is 0 Å². The van der Waals surface area contributed by atoms with Crippen molar-refractivity contribution in [3.63, 3.8) is 0 Å². The fraction of sp³-hybridized carbons (Fsp3) is 0.967. The molecule has 0 aromatic heterocycles. The van der Waals surface area contributed by atoms with Crippen molar-refractivity contribution in [1.29, 1.82) is 0 Å². The Kier molecular flexibility index (Phi) is 4.70. The maximum atomic E-state index is 12.9. The Morgan fingerprint density at radius 1 is 0.688 bits per heavy atom. The van der Waals surface area contributed by atoms with Crippen molar-refractivity contribution < 1.29 is 9.90 Å². The number of fused-ring (bicyclic) bond motifs is 7. The second kappa shape index (κ2) is 6.44. The van der Waals surface area contributed by atoms with E-state index in [2.05, 4.69) is 55.4 Å². The van der Waals surface area contributed by atoms with Gasteiger partial charge >= 0.3 is 0 Å². The van der Waals surface area contributed by atoms with Crippen LogP contribution in [0.5, 0.6) is 0 Å². The van der Waals surface area contributed by atoms with E-state index in [-0.39, 0.29) is 21.7 Å². The van der Waals surface area contributed by atoms with Crippen LogP contribution in [-0.2, 0) is 4.79 Å².